The van der Waals surface area contributed by atoms with Crippen molar-refractivity contribution >= 4 is 11.6 Å². The lowest BCUT2D eigenvalue weighted by atomic mass is 10.1. The van der Waals surface area contributed by atoms with Crippen LogP contribution in [0.3, 0.4) is 0 Å². The van der Waals surface area contributed by atoms with Crippen LogP contribution in [0.15, 0.2) is 42.5 Å². The van der Waals surface area contributed by atoms with Crippen LogP contribution >= 0.6 is 0 Å². The Morgan fingerprint density at radius 3 is 2.72 bits per heavy atom. The zero-order valence-corrected chi connectivity index (χ0v) is 11.1. The van der Waals surface area contributed by atoms with E-state index in [0.29, 0.717) is 6.54 Å². The molecule has 1 N–H and O–H groups in total. The van der Waals surface area contributed by atoms with Gasteiger partial charge in [-0.25, -0.2) is 0 Å². The number of phenolic OH excluding ortho intramolecular Hbond substituents is 1. The summed E-state index contributed by atoms with van der Waals surface area (Å²) in [5.41, 5.74) is 1.70. The molecule has 0 fully saturated rings. The molecule has 96 valence electrons. The van der Waals surface area contributed by atoms with Gasteiger partial charge < -0.3 is 10.0 Å². The predicted molar refractivity (Wildman–Crippen MR) is 74.8 cm³/mol. The molecule has 0 saturated heterocycles. The van der Waals surface area contributed by atoms with E-state index in [9.17, 15) is 9.90 Å². The van der Waals surface area contributed by atoms with Gasteiger partial charge in [-0.05, 0) is 32.4 Å². The largest absolute Gasteiger partial charge is 0.508 e. The quantitative estimate of drug-likeness (QED) is 0.653. The summed E-state index contributed by atoms with van der Waals surface area (Å²) in [7, 11) is 0. The summed E-state index contributed by atoms with van der Waals surface area (Å²) in [6.45, 7) is 6.28. The fraction of sp³-hybridized carbons (Fsp3) is 0.267. The lowest BCUT2D eigenvalue weighted by Crippen LogP contribution is -2.29. The molecule has 1 rings (SSSR count). The Labute approximate surface area is 108 Å². The van der Waals surface area contributed by atoms with Crippen LogP contribution in [0, 0.1) is 6.92 Å². The van der Waals surface area contributed by atoms with Crippen molar-refractivity contribution in [3.05, 3.63) is 48.1 Å². The Bertz CT molecular complexity index is 475. The summed E-state index contributed by atoms with van der Waals surface area (Å²) < 4.78 is 0. The molecule has 0 saturated carbocycles. The molecule has 0 aromatic heterocycles. The number of likely N-dealkylation sites (N-methyl/N-ethyl adjacent to an activating group) is 1. The predicted octanol–water partition coefficient (Wildman–Crippen LogP) is 3.19. The van der Waals surface area contributed by atoms with Crippen molar-refractivity contribution < 1.29 is 9.90 Å². The number of carbonyl (C=O) groups excluding carboxylic acids is 1. The van der Waals surface area contributed by atoms with E-state index < -0.39 is 0 Å². The van der Waals surface area contributed by atoms with Gasteiger partial charge >= 0.3 is 0 Å². The number of nitrogens with zero attached hydrogens (tertiary/aromatic N) is 1. The summed E-state index contributed by atoms with van der Waals surface area (Å²) in [5.74, 6) is 0.0728. The maximum absolute atomic E-state index is 12.0. The van der Waals surface area contributed by atoms with Crippen molar-refractivity contribution in [2.24, 2.45) is 0 Å². The van der Waals surface area contributed by atoms with Gasteiger partial charge in [0.05, 0.1) is 5.69 Å². The third-order valence-corrected chi connectivity index (χ3v) is 2.61. The maximum atomic E-state index is 12.0. The zero-order chi connectivity index (χ0) is 13.5. The first-order valence-corrected chi connectivity index (χ1v) is 6.00. The lowest BCUT2D eigenvalue weighted by molar-refractivity contribution is -0.114. The molecule has 0 unspecified atom stereocenters. The number of phenols is 1. The average Bonchev–Trinajstić information content (AvgIpc) is 2.35. The molecule has 0 aliphatic rings. The number of rotatable bonds is 4. The standard InChI is InChI=1S/C15H19NO2/c1-4-6-7-8-15(18)16(5-2)14-11-13(17)10-9-12(14)3/h4,6-11,17H,5H2,1-3H3/b6-4+,8-7+. The first-order valence-electron chi connectivity index (χ1n) is 6.00. The number of hydrogen-bond donors (Lipinski definition) is 1. The smallest absolute Gasteiger partial charge is 0.250 e. The molecule has 0 aliphatic heterocycles. The van der Waals surface area contributed by atoms with E-state index in [1.165, 1.54) is 6.08 Å². The summed E-state index contributed by atoms with van der Waals surface area (Å²) >= 11 is 0. The van der Waals surface area contributed by atoms with E-state index in [1.54, 1.807) is 35.3 Å². The fourth-order valence-electron chi connectivity index (χ4n) is 1.67. The molecular weight excluding hydrogens is 226 g/mol. The molecule has 0 radical (unpaired) electrons. The van der Waals surface area contributed by atoms with Gasteiger partial charge in [0.1, 0.15) is 5.75 Å². The van der Waals surface area contributed by atoms with Crippen LogP contribution in [0.1, 0.15) is 19.4 Å². The Morgan fingerprint density at radius 1 is 1.39 bits per heavy atom. The summed E-state index contributed by atoms with van der Waals surface area (Å²) in [6, 6.07) is 5.03. The van der Waals surface area contributed by atoms with Crippen LogP contribution in [0.2, 0.25) is 0 Å². The van der Waals surface area contributed by atoms with Gasteiger partial charge in [-0.3, -0.25) is 4.79 Å². The van der Waals surface area contributed by atoms with E-state index in [-0.39, 0.29) is 11.7 Å². The summed E-state index contributed by atoms with van der Waals surface area (Å²) in [5, 5.41) is 9.51. The molecule has 3 heteroatoms. The highest BCUT2D eigenvalue weighted by atomic mass is 16.3. The van der Waals surface area contributed by atoms with Gasteiger partial charge in [-0.15, -0.1) is 0 Å². The number of aryl methyl sites for hydroxylation is 1. The zero-order valence-electron chi connectivity index (χ0n) is 11.1. The van der Waals surface area contributed by atoms with Crippen LogP contribution in [0.25, 0.3) is 0 Å². The average molecular weight is 245 g/mol. The number of carbonyl (C=O) groups is 1. The highest BCUT2D eigenvalue weighted by molar-refractivity contribution is 6.02. The van der Waals surface area contributed by atoms with Crippen molar-refractivity contribution in [1.82, 2.24) is 0 Å². The summed E-state index contributed by atoms with van der Waals surface area (Å²) in [4.78, 5) is 13.7. The minimum absolute atomic E-state index is 0.0932. The Morgan fingerprint density at radius 2 is 2.11 bits per heavy atom. The van der Waals surface area contributed by atoms with Gasteiger partial charge in [0.2, 0.25) is 0 Å². The topological polar surface area (TPSA) is 40.5 Å². The van der Waals surface area contributed by atoms with Crippen molar-refractivity contribution in [3.63, 3.8) is 0 Å². The molecule has 1 amide bonds. The second-order valence-corrected chi connectivity index (χ2v) is 3.94. The molecule has 1 aromatic rings. The van der Waals surface area contributed by atoms with Gasteiger partial charge in [0.25, 0.3) is 5.91 Å². The highest BCUT2D eigenvalue weighted by Crippen LogP contribution is 2.25. The molecule has 0 bridgehead atoms. The van der Waals surface area contributed by atoms with Gasteiger partial charge in [-0.2, -0.15) is 0 Å². The van der Waals surface area contributed by atoms with E-state index in [0.717, 1.165) is 11.3 Å². The maximum Gasteiger partial charge on any atom is 0.250 e. The second kappa shape index (κ2) is 6.64. The van der Waals surface area contributed by atoms with Crippen LogP contribution in [-0.2, 0) is 4.79 Å². The van der Waals surface area contributed by atoms with Crippen molar-refractivity contribution in [3.8, 4) is 5.75 Å². The van der Waals surface area contributed by atoms with E-state index in [4.69, 9.17) is 0 Å². The SMILES string of the molecule is C/C=C/C=C/C(=O)N(CC)c1cc(O)ccc1C. The first kappa shape index (κ1) is 14.0. The third kappa shape index (κ3) is 3.48. The second-order valence-electron chi connectivity index (χ2n) is 3.94. The minimum Gasteiger partial charge on any atom is -0.508 e. The van der Waals surface area contributed by atoms with Crippen molar-refractivity contribution in [2.45, 2.75) is 20.8 Å². The Kier molecular flexibility index (Phi) is 5.18. The molecule has 0 aliphatic carbocycles. The normalized spacial score (nSPS) is 11.3. The van der Waals surface area contributed by atoms with E-state index in [2.05, 4.69) is 0 Å². The number of benzene rings is 1. The molecule has 0 spiro atoms. The molecule has 0 atom stereocenters. The van der Waals surface area contributed by atoms with Crippen molar-refractivity contribution in [2.75, 3.05) is 11.4 Å². The molecule has 18 heavy (non-hydrogen) atoms. The number of hydrogen-bond acceptors (Lipinski definition) is 2. The lowest BCUT2D eigenvalue weighted by Gasteiger charge is -2.21. The van der Waals surface area contributed by atoms with Crippen molar-refractivity contribution in [1.29, 1.82) is 0 Å². The van der Waals surface area contributed by atoms with Crippen LogP contribution in [0.4, 0.5) is 5.69 Å². The number of allylic oxidation sites excluding steroid dienone is 3. The summed E-state index contributed by atoms with van der Waals surface area (Å²) in [6.07, 6.45) is 6.90. The number of anilines is 1. The number of aromatic hydroxyl groups is 1. The first-order chi connectivity index (χ1) is 8.60. The Balaban J connectivity index is 3.02. The van der Waals surface area contributed by atoms with E-state index in [1.807, 2.05) is 26.8 Å². The van der Waals surface area contributed by atoms with Crippen LogP contribution in [0.5, 0.6) is 5.75 Å². The fourth-order valence-corrected chi connectivity index (χ4v) is 1.67. The third-order valence-electron chi connectivity index (χ3n) is 2.61. The van der Waals surface area contributed by atoms with Crippen LogP contribution in [-0.4, -0.2) is 17.6 Å². The molecule has 1 aromatic carbocycles. The monoisotopic (exact) mass is 245 g/mol. The van der Waals surface area contributed by atoms with Gasteiger partial charge in [0.15, 0.2) is 0 Å². The van der Waals surface area contributed by atoms with E-state index >= 15 is 0 Å². The Hall–Kier alpha value is -2.03. The highest BCUT2D eigenvalue weighted by Gasteiger charge is 2.13. The van der Waals surface area contributed by atoms with Gasteiger partial charge in [0, 0.05) is 18.7 Å². The molecule has 0 heterocycles. The molecular formula is C15H19NO2. The number of amides is 1. The molecule has 3 nitrogen and oxygen atoms in total. The van der Waals surface area contributed by atoms with Crippen LogP contribution < -0.4 is 4.90 Å². The minimum atomic E-state index is -0.0932. The van der Waals surface area contributed by atoms with Gasteiger partial charge in [-0.1, -0.05) is 24.3 Å².